The average Bonchev–Trinajstić information content (AvgIpc) is 3.16. The SMILES string of the molecule is CCC1OCC(C)(C(O)C(Cc2ccc(F)cc2)n2cncn2)CO1. The molecule has 0 bridgehead atoms. The van der Waals surface area contributed by atoms with Crippen LogP contribution in [0.1, 0.15) is 31.9 Å². The second-order valence-electron chi connectivity index (χ2n) is 6.83. The van der Waals surface area contributed by atoms with E-state index >= 15 is 0 Å². The molecule has 2 aromatic rings. The van der Waals surface area contributed by atoms with E-state index in [0.717, 1.165) is 12.0 Å². The van der Waals surface area contributed by atoms with Gasteiger partial charge in [0.1, 0.15) is 18.5 Å². The highest BCUT2D eigenvalue weighted by molar-refractivity contribution is 5.17. The Hall–Kier alpha value is -1.83. The molecular weight excluding hydrogens is 325 g/mol. The van der Waals surface area contributed by atoms with Gasteiger partial charge >= 0.3 is 0 Å². The van der Waals surface area contributed by atoms with Crippen molar-refractivity contribution in [3.8, 4) is 0 Å². The number of halogens is 1. The summed E-state index contributed by atoms with van der Waals surface area (Å²) in [6, 6.07) is 5.91. The lowest BCUT2D eigenvalue weighted by atomic mass is 9.79. The molecule has 0 radical (unpaired) electrons. The van der Waals surface area contributed by atoms with Crippen LogP contribution >= 0.6 is 0 Å². The van der Waals surface area contributed by atoms with Crippen molar-refractivity contribution < 1.29 is 19.0 Å². The Morgan fingerprint density at radius 1 is 1.32 bits per heavy atom. The predicted molar refractivity (Wildman–Crippen MR) is 89.3 cm³/mol. The van der Waals surface area contributed by atoms with Gasteiger partial charge in [-0.15, -0.1) is 0 Å². The second-order valence-corrected chi connectivity index (χ2v) is 6.83. The van der Waals surface area contributed by atoms with Crippen LogP contribution in [0.5, 0.6) is 0 Å². The first kappa shape index (κ1) is 18.0. The molecule has 3 rings (SSSR count). The third-order valence-electron chi connectivity index (χ3n) is 4.74. The van der Waals surface area contributed by atoms with Crippen molar-refractivity contribution in [2.45, 2.75) is 45.1 Å². The lowest BCUT2D eigenvalue weighted by Gasteiger charge is -2.42. The van der Waals surface area contributed by atoms with Gasteiger partial charge in [-0.05, 0) is 30.5 Å². The average molecular weight is 349 g/mol. The van der Waals surface area contributed by atoms with Crippen LogP contribution in [0.3, 0.4) is 0 Å². The molecule has 2 unspecified atom stereocenters. The molecule has 0 spiro atoms. The highest BCUT2D eigenvalue weighted by Crippen LogP contribution is 2.35. The maximum absolute atomic E-state index is 13.2. The topological polar surface area (TPSA) is 69.4 Å². The summed E-state index contributed by atoms with van der Waals surface area (Å²) in [5.74, 6) is -0.284. The molecule has 0 saturated carbocycles. The van der Waals surface area contributed by atoms with Crippen molar-refractivity contribution in [3.63, 3.8) is 0 Å². The van der Waals surface area contributed by atoms with Crippen LogP contribution in [0.25, 0.3) is 0 Å². The van der Waals surface area contributed by atoms with Crippen molar-refractivity contribution in [3.05, 3.63) is 48.3 Å². The van der Waals surface area contributed by atoms with Crippen molar-refractivity contribution in [2.75, 3.05) is 13.2 Å². The number of ether oxygens (including phenoxy) is 2. The molecule has 25 heavy (non-hydrogen) atoms. The monoisotopic (exact) mass is 349 g/mol. The third kappa shape index (κ3) is 4.05. The molecule has 1 saturated heterocycles. The molecule has 1 fully saturated rings. The summed E-state index contributed by atoms with van der Waals surface area (Å²) in [7, 11) is 0. The summed E-state index contributed by atoms with van der Waals surface area (Å²) in [6.45, 7) is 4.75. The molecule has 1 aromatic heterocycles. The van der Waals surface area contributed by atoms with Crippen LogP contribution in [0, 0.1) is 11.2 Å². The standard InChI is InChI=1S/C18H24FN3O3/c1-3-16-24-9-18(2,10-25-16)17(23)15(22-12-20-11-21-22)8-13-4-6-14(19)7-5-13/h4-7,11-12,15-17,23H,3,8-10H2,1-2H3. The Kier molecular flexibility index (Phi) is 5.46. The van der Waals surface area contributed by atoms with Crippen LogP contribution in [-0.2, 0) is 15.9 Å². The van der Waals surface area contributed by atoms with Gasteiger partial charge in [0.2, 0.25) is 0 Å². The van der Waals surface area contributed by atoms with Crippen LogP contribution < -0.4 is 0 Å². The minimum Gasteiger partial charge on any atom is -0.390 e. The zero-order valence-electron chi connectivity index (χ0n) is 14.5. The molecule has 1 N–H and O–H groups in total. The molecule has 1 aromatic carbocycles. The van der Waals surface area contributed by atoms with Gasteiger partial charge in [0.25, 0.3) is 0 Å². The van der Waals surface area contributed by atoms with E-state index in [2.05, 4.69) is 10.1 Å². The number of benzene rings is 1. The normalized spacial score (nSPS) is 26.3. The Bertz CT molecular complexity index is 655. The molecule has 6 nitrogen and oxygen atoms in total. The van der Waals surface area contributed by atoms with Crippen LogP contribution in [0.4, 0.5) is 4.39 Å². The first-order valence-electron chi connectivity index (χ1n) is 8.51. The summed E-state index contributed by atoms with van der Waals surface area (Å²) in [5, 5.41) is 15.3. The maximum atomic E-state index is 13.2. The summed E-state index contributed by atoms with van der Waals surface area (Å²) >= 11 is 0. The number of nitrogens with zero attached hydrogens (tertiary/aromatic N) is 3. The first-order chi connectivity index (χ1) is 12.0. The smallest absolute Gasteiger partial charge is 0.157 e. The van der Waals surface area contributed by atoms with Crippen LogP contribution in [0.15, 0.2) is 36.9 Å². The summed E-state index contributed by atoms with van der Waals surface area (Å²) in [6.07, 6.45) is 3.30. The van der Waals surface area contributed by atoms with E-state index < -0.39 is 11.5 Å². The number of hydrogen-bond donors (Lipinski definition) is 1. The van der Waals surface area contributed by atoms with E-state index in [-0.39, 0.29) is 18.1 Å². The minimum absolute atomic E-state index is 0.220. The summed E-state index contributed by atoms with van der Waals surface area (Å²) in [5.41, 5.74) is 0.344. The van der Waals surface area contributed by atoms with Gasteiger partial charge in [-0.25, -0.2) is 14.1 Å². The van der Waals surface area contributed by atoms with Gasteiger partial charge in [0.15, 0.2) is 6.29 Å². The Morgan fingerprint density at radius 3 is 2.56 bits per heavy atom. The van der Waals surface area contributed by atoms with Crippen molar-refractivity contribution in [1.29, 1.82) is 0 Å². The molecule has 2 atom stereocenters. The number of aliphatic hydroxyl groups excluding tert-OH is 1. The highest BCUT2D eigenvalue weighted by Gasteiger charge is 2.43. The molecular formula is C18H24FN3O3. The quantitative estimate of drug-likeness (QED) is 0.867. The van der Waals surface area contributed by atoms with Crippen LogP contribution in [0.2, 0.25) is 0 Å². The zero-order chi connectivity index (χ0) is 17.9. The van der Waals surface area contributed by atoms with Crippen molar-refractivity contribution in [2.24, 2.45) is 5.41 Å². The lowest BCUT2D eigenvalue weighted by Crippen LogP contribution is -2.50. The van der Waals surface area contributed by atoms with Crippen molar-refractivity contribution >= 4 is 0 Å². The Balaban J connectivity index is 1.80. The van der Waals surface area contributed by atoms with E-state index in [0.29, 0.717) is 19.6 Å². The predicted octanol–water partition coefficient (Wildman–Crippen LogP) is 2.35. The minimum atomic E-state index is -0.767. The molecule has 7 heteroatoms. The maximum Gasteiger partial charge on any atom is 0.157 e. The van der Waals surface area contributed by atoms with Gasteiger partial charge in [0.05, 0.1) is 25.4 Å². The van der Waals surface area contributed by atoms with Crippen molar-refractivity contribution in [1.82, 2.24) is 14.8 Å². The Labute approximate surface area is 146 Å². The van der Waals surface area contributed by atoms with E-state index in [4.69, 9.17) is 9.47 Å². The number of rotatable bonds is 6. The fraction of sp³-hybridized carbons (Fsp3) is 0.556. The van der Waals surface area contributed by atoms with Crippen LogP contribution in [-0.4, -0.2) is 45.5 Å². The van der Waals surface area contributed by atoms with E-state index in [1.54, 1.807) is 23.1 Å². The van der Waals surface area contributed by atoms with E-state index in [9.17, 15) is 9.50 Å². The first-order valence-corrected chi connectivity index (χ1v) is 8.51. The van der Waals surface area contributed by atoms with Gasteiger partial charge in [0, 0.05) is 5.41 Å². The zero-order valence-corrected chi connectivity index (χ0v) is 14.5. The molecule has 2 heterocycles. The lowest BCUT2D eigenvalue weighted by molar-refractivity contribution is -0.249. The third-order valence-corrected chi connectivity index (χ3v) is 4.74. The van der Waals surface area contributed by atoms with Gasteiger partial charge in [-0.3, -0.25) is 0 Å². The number of aromatic nitrogens is 3. The van der Waals surface area contributed by atoms with E-state index in [1.165, 1.54) is 18.5 Å². The molecule has 1 aliphatic rings. The van der Waals surface area contributed by atoms with Gasteiger partial charge in [-0.1, -0.05) is 26.0 Å². The fourth-order valence-electron chi connectivity index (χ4n) is 3.13. The summed E-state index contributed by atoms with van der Waals surface area (Å²) < 4.78 is 26.3. The Morgan fingerprint density at radius 2 is 2.00 bits per heavy atom. The van der Waals surface area contributed by atoms with E-state index in [1.807, 2.05) is 13.8 Å². The molecule has 1 aliphatic heterocycles. The molecule has 0 aliphatic carbocycles. The summed E-state index contributed by atoms with van der Waals surface area (Å²) in [4.78, 5) is 3.99. The molecule has 0 amide bonds. The fourth-order valence-corrected chi connectivity index (χ4v) is 3.13. The molecule has 136 valence electrons. The van der Waals surface area contributed by atoms with Gasteiger partial charge < -0.3 is 14.6 Å². The number of aliphatic hydroxyl groups is 1. The van der Waals surface area contributed by atoms with Gasteiger partial charge in [-0.2, -0.15) is 5.10 Å². The largest absolute Gasteiger partial charge is 0.390 e. The highest BCUT2D eigenvalue weighted by atomic mass is 19.1. The second kappa shape index (κ2) is 7.59. The number of hydrogen-bond acceptors (Lipinski definition) is 5.